The normalized spacial score (nSPS) is 15.9. The molecular formula is C33H39ClF6N8O6. The van der Waals surface area contributed by atoms with Gasteiger partial charge in [0.05, 0.1) is 44.1 Å². The summed E-state index contributed by atoms with van der Waals surface area (Å²) in [5.41, 5.74) is 4.65. The number of carbonyl (C=O) groups is 2. The zero-order chi connectivity index (χ0) is 39.3. The van der Waals surface area contributed by atoms with Crippen molar-refractivity contribution in [1.82, 2.24) is 34.4 Å². The number of aliphatic hydroxyl groups excluding tert-OH is 1. The van der Waals surface area contributed by atoms with E-state index in [1.165, 1.54) is 46.8 Å². The minimum Gasteiger partial charge on any atom is -0.480 e. The molecule has 5 heterocycles. The topological polar surface area (TPSA) is 173 Å². The van der Waals surface area contributed by atoms with Gasteiger partial charge >= 0.3 is 18.4 Å². The Morgan fingerprint density at radius 2 is 1.33 bits per heavy atom. The van der Waals surface area contributed by atoms with E-state index in [0.717, 1.165) is 24.5 Å². The molecule has 0 spiro atoms. The Bertz CT molecular complexity index is 1840. The van der Waals surface area contributed by atoms with E-state index in [2.05, 4.69) is 20.2 Å². The number of rotatable bonds is 9. The second-order valence-electron chi connectivity index (χ2n) is 12.7. The Labute approximate surface area is 311 Å². The Kier molecular flexibility index (Phi) is 14.1. The van der Waals surface area contributed by atoms with Crippen molar-refractivity contribution in [2.24, 2.45) is 5.73 Å². The van der Waals surface area contributed by atoms with Crippen molar-refractivity contribution in [3.63, 3.8) is 0 Å². The summed E-state index contributed by atoms with van der Waals surface area (Å²) in [5, 5.41) is 18.6. The van der Waals surface area contributed by atoms with Crippen molar-refractivity contribution in [3.05, 3.63) is 71.6 Å². The lowest BCUT2D eigenvalue weighted by Gasteiger charge is -2.28. The fraction of sp³-hybridized carbons (Fsp3) is 0.455. The Morgan fingerprint density at radius 1 is 0.852 bits per heavy atom. The van der Waals surface area contributed by atoms with Crippen LogP contribution >= 0.6 is 12.4 Å². The third-order valence-corrected chi connectivity index (χ3v) is 7.68. The van der Waals surface area contributed by atoms with Crippen LogP contribution in [0, 0.1) is 0 Å². The number of halogens is 7. The van der Waals surface area contributed by atoms with Crippen molar-refractivity contribution < 1.29 is 55.2 Å². The minimum atomic E-state index is -4.55. The van der Waals surface area contributed by atoms with E-state index >= 15 is 0 Å². The maximum Gasteiger partial charge on any atom is 0.433 e. The number of aromatic nitrogens is 6. The van der Waals surface area contributed by atoms with Gasteiger partial charge in [-0.15, -0.1) is 22.6 Å². The SMILES string of the molecule is COc1nn(-c2ccc(C(F)(F)F)nc2)cc1CCC(=O)[C@@H]1[C@H](O)CCN1C(=O)OC(C)(C)C.COc1nn(-c2ccc(C(F)(F)F)nc2)cc1CN.Cl. The lowest BCUT2D eigenvalue weighted by Crippen LogP contribution is -2.47. The number of hydrogen-bond donors (Lipinski definition) is 2. The summed E-state index contributed by atoms with van der Waals surface area (Å²) in [6.45, 7) is 5.56. The quantitative estimate of drug-likeness (QED) is 0.210. The van der Waals surface area contributed by atoms with Crippen LogP contribution in [0.1, 0.15) is 56.1 Å². The van der Waals surface area contributed by atoms with E-state index in [0.29, 0.717) is 22.7 Å². The van der Waals surface area contributed by atoms with Gasteiger partial charge in [0.25, 0.3) is 0 Å². The van der Waals surface area contributed by atoms with Gasteiger partial charge < -0.3 is 25.1 Å². The van der Waals surface area contributed by atoms with Gasteiger partial charge in [-0.1, -0.05) is 0 Å². The number of alkyl halides is 6. The van der Waals surface area contributed by atoms with E-state index in [9.17, 15) is 41.0 Å². The minimum absolute atomic E-state index is 0. The number of hydrogen-bond acceptors (Lipinski definition) is 11. The van der Waals surface area contributed by atoms with Crippen LogP contribution in [0.3, 0.4) is 0 Å². The molecule has 4 aromatic heterocycles. The van der Waals surface area contributed by atoms with Gasteiger partial charge in [0.2, 0.25) is 11.8 Å². The average Bonchev–Trinajstić information content (AvgIpc) is 3.82. The van der Waals surface area contributed by atoms with Crippen LogP contribution < -0.4 is 15.2 Å². The van der Waals surface area contributed by atoms with Gasteiger partial charge in [-0.05, 0) is 57.9 Å². The summed E-state index contributed by atoms with van der Waals surface area (Å²) in [5.74, 6) is 0.188. The number of aryl methyl sites for hydroxylation is 1. The monoisotopic (exact) mass is 792 g/mol. The van der Waals surface area contributed by atoms with E-state index in [4.69, 9.17) is 19.9 Å². The van der Waals surface area contributed by atoms with E-state index in [-0.39, 0.29) is 62.1 Å². The van der Waals surface area contributed by atoms with E-state index < -0.39 is 47.6 Å². The number of amides is 1. The number of carbonyl (C=O) groups excluding carboxylic acids is 2. The third kappa shape index (κ3) is 10.8. The number of nitrogens with two attached hydrogens (primary N) is 1. The predicted molar refractivity (Wildman–Crippen MR) is 182 cm³/mol. The number of nitrogens with zero attached hydrogens (tertiary/aromatic N) is 7. The second-order valence-corrected chi connectivity index (χ2v) is 12.7. The van der Waals surface area contributed by atoms with Crippen LogP contribution in [0.25, 0.3) is 11.4 Å². The number of ketones is 1. The lowest BCUT2D eigenvalue weighted by molar-refractivity contribution is -0.141. The molecule has 296 valence electrons. The zero-order valence-electron chi connectivity index (χ0n) is 29.7. The first-order valence-corrected chi connectivity index (χ1v) is 16.0. The smallest absolute Gasteiger partial charge is 0.433 e. The Morgan fingerprint density at radius 3 is 1.72 bits per heavy atom. The highest BCUT2D eigenvalue weighted by molar-refractivity contribution is 5.89. The van der Waals surface area contributed by atoms with Gasteiger partial charge in [0.1, 0.15) is 23.0 Å². The molecule has 0 aromatic carbocycles. The van der Waals surface area contributed by atoms with Crippen LogP contribution in [-0.2, 0) is 34.8 Å². The molecule has 0 bridgehead atoms. The number of aliphatic hydroxyl groups is 1. The molecule has 1 aliphatic rings. The maximum atomic E-state index is 12.9. The number of methoxy groups -OCH3 is 2. The number of Topliss-reactive ketones (excluding diaryl/α,β-unsaturated/α-hetero) is 1. The molecule has 0 radical (unpaired) electrons. The van der Waals surface area contributed by atoms with Gasteiger partial charge in [-0.25, -0.2) is 24.1 Å². The highest BCUT2D eigenvalue weighted by atomic mass is 35.5. The van der Waals surface area contributed by atoms with Crippen molar-refractivity contribution in [1.29, 1.82) is 0 Å². The molecule has 2 atom stereocenters. The molecule has 0 unspecified atom stereocenters. The molecule has 0 aliphatic carbocycles. The summed E-state index contributed by atoms with van der Waals surface area (Å²) in [7, 11) is 2.82. The largest absolute Gasteiger partial charge is 0.480 e. The van der Waals surface area contributed by atoms with Gasteiger partial charge in [-0.3, -0.25) is 9.69 Å². The summed E-state index contributed by atoms with van der Waals surface area (Å²) in [6, 6.07) is 3.23. The van der Waals surface area contributed by atoms with Gasteiger partial charge in [-0.2, -0.15) is 26.3 Å². The van der Waals surface area contributed by atoms with E-state index in [1.54, 1.807) is 27.0 Å². The standard InChI is InChI=1S/C22H27F3N4O5.C11H11F3N4O.ClH/c1-21(2,3)34-20(32)28-10-9-16(31)18(28)15(30)7-5-13-12-29(27-19(13)33-4)14-6-8-17(26-11-14)22(23,24)25;1-19-10-7(4-15)6-18(17-10)8-2-3-9(16-5-8)11(12,13)14;/h6,8,11-12,16,18,31H,5,7,9-10H2,1-4H3;2-3,5-6H,4,15H2,1H3;1H/t16-,18-;;/m1../s1. The van der Waals surface area contributed by atoms with Gasteiger partial charge in [0.15, 0.2) is 5.78 Å². The molecule has 1 fully saturated rings. The molecule has 1 amide bonds. The molecule has 21 heteroatoms. The number of likely N-dealkylation sites (tertiary alicyclic amines) is 1. The molecule has 0 saturated carbocycles. The molecular weight excluding hydrogens is 754 g/mol. The van der Waals surface area contributed by atoms with Crippen LogP contribution in [0.15, 0.2) is 49.1 Å². The molecule has 5 rings (SSSR count). The van der Waals surface area contributed by atoms with Crippen LogP contribution in [0.5, 0.6) is 11.8 Å². The third-order valence-electron chi connectivity index (χ3n) is 7.68. The predicted octanol–water partition coefficient (Wildman–Crippen LogP) is 5.34. The average molecular weight is 793 g/mol. The van der Waals surface area contributed by atoms with Crippen molar-refractivity contribution in [2.45, 2.75) is 76.7 Å². The molecule has 3 N–H and O–H groups in total. The molecule has 1 aliphatic heterocycles. The van der Waals surface area contributed by atoms with Crippen molar-refractivity contribution in [3.8, 4) is 23.1 Å². The fourth-order valence-electron chi connectivity index (χ4n) is 5.18. The first-order valence-electron chi connectivity index (χ1n) is 16.0. The van der Waals surface area contributed by atoms with Crippen LogP contribution in [0.2, 0.25) is 0 Å². The first kappa shape index (κ1) is 43.5. The van der Waals surface area contributed by atoms with Gasteiger partial charge in [0, 0.05) is 43.0 Å². The van der Waals surface area contributed by atoms with Crippen LogP contribution in [-0.4, -0.2) is 89.9 Å². The first-order chi connectivity index (χ1) is 24.7. The second kappa shape index (κ2) is 17.5. The molecule has 1 saturated heterocycles. The molecule has 54 heavy (non-hydrogen) atoms. The zero-order valence-corrected chi connectivity index (χ0v) is 30.5. The fourth-order valence-corrected chi connectivity index (χ4v) is 5.18. The Hall–Kier alpha value is -4.95. The maximum absolute atomic E-state index is 12.9. The highest BCUT2D eigenvalue weighted by Gasteiger charge is 2.42. The van der Waals surface area contributed by atoms with Crippen LogP contribution in [0.4, 0.5) is 31.1 Å². The van der Waals surface area contributed by atoms with Crippen molar-refractivity contribution in [2.75, 3.05) is 20.8 Å². The molecule has 14 nitrogen and oxygen atoms in total. The summed E-state index contributed by atoms with van der Waals surface area (Å²) < 4.78 is 93.6. The summed E-state index contributed by atoms with van der Waals surface area (Å²) in [4.78, 5) is 33.4. The van der Waals surface area contributed by atoms with Crippen molar-refractivity contribution >= 4 is 24.3 Å². The summed E-state index contributed by atoms with van der Waals surface area (Å²) in [6.07, 6.45) is -4.99. The van der Waals surface area contributed by atoms with E-state index in [1.807, 2.05) is 0 Å². The summed E-state index contributed by atoms with van der Waals surface area (Å²) >= 11 is 0. The molecule has 4 aromatic rings. The number of pyridine rings is 2. The Balaban J connectivity index is 0.000000332. The number of ether oxygens (including phenoxy) is 3. The lowest BCUT2D eigenvalue weighted by atomic mass is 10.0. The highest BCUT2D eigenvalue weighted by Crippen LogP contribution is 2.30.